The van der Waals surface area contributed by atoms with Crippen LogP contribution in [0.25, 0.3) is 0 Å². The predicted molar refractivity (Wildman–Crippen MR) is 59.4 cm³/mol. The number of benzene rings is 1. The van der Waals surface area contributed by atoms with Crippen LogP contribution in [0.2, 0.25) is 0 Å². The van der Waals surface area contributed by atoms with Crippen LogP contribution < -0.4 is 0 Å². The van der Waals surface area contributed by atoms with Crippen LogP contribution in [-0.4, -0.2) is 0 Å². The predicted octanol–water partition coefficient (Wildman–Crippen LogP) is 4.09. The summed E-state index contributed by atoms with van der Waals surface area (Å²) in [5.41, 5.74) is 0.939. The quantitative estimate of drug-likeness (QED) is 0.383. The standard InChI is InChI=1S/C7H4Br2FI/c8-3-4-1-5(10)2-6(11)7(4)9/h1-2H,3H2. The van der Waals surface area contributed by atoms with E-state index in [-0.39, 0.29) is 5.82 Å². The third kappa shape index (κ3) is 2.39. The van der Waals surface area contributed by atoms with Crippen LogP contribution in [0.1, 0.15) is 5.56 Å². The van der Waals surface area contributed by atoms with E-state index in [0.717, 1.165) is 13.6 Å². The first-order valence-electron chi connectivity index (χ1n) is 2.84. The third-order valence-corrected chi connectivity index (χ3v) is 4.34. The summed E-state index contributed by atoms with van der Waals surface area (Å²) in [6.07, 6.45) is 0. The first kappa shape index (κ1) is 9.92. The van der Waals surface area contributed by atoms with E-state index in [2.05, 4.69) is 54.5 Å². The Kier molecular flexibility index (Phi) is 3.77. The van der Waals surface area contributed by atoms with E-state index in [1.54, 1.807) is 0 Å². The molecule has 0 bridgehead atoms. The van der Waals surface area contributed by atoms with Gasteiger partial charge in [0.2, 0.25) is 0 Å². The fraction of sp³-hybridized carbons (Fsp3) is 0.143. The van der Waals surface area contributed by atoms with Crippen LogP contribution >= 0.6 is 54.5 Å². The van der Waals surface area contributed by atoms with Gasteiger partial charge in [0.25, 0.3) is 0 Å². The Bertz CT molecular complexity index is 275. The molecular formula is C7H4Br2FI. The average molecular weight is 394 g/mol. The smallest absolute Gasteiger partial charge is 0.124 e. The average Bonchev–Trinajstić information content (AvgIpc) is 1.96. The van der Waals surface area contributed by atoms with Crippen LogP contribution in [0, 0.1) is 9.39 Å². The molecule has 1 rings (SSSR count). The fourth-order valence-corrected chi connectivity index (χ4v) is 2.54. The summed E-state index contributed by atoms with van der Waals surface area (Å²) in [6.45, 7) is 0. The number of alkyl halides is 1. The molecule has 1 aromatic carbocycles. The minimum absolute atomic E-state index is 0.188. The molecule has 0 aliphatic rings. The van der Waals surface area contributed by atoms with Crippen molar-refractivity contribution in [3.8, 4) is 0 Å². The van der Waals surface area contributed by atoms with Gasteiger partial charge in [-0.25, -0.2) is 4.39 Å². The summed E-state index contributed by atoms with van der Waals surface area (Å²) in [6, 6.07) is 3.01. The van der Waals surface area contributed by atoms with E-state index in [0.29, 0.717) is 5.33 Å². The highest BCUT2D eigenvalue weighted by Crippen LogP contribution is 2.26. The lowest BCUT2D eigenvalue weighted by molar-refractivity contribution is 0.625. The second-order valence-corrected chi connectivity index (χ2v) is 4.51. The topological polar surface area (TPSA) is 0 Å². The van der Waals surface area contributed by atoms with E-state index < -0.39 is 0 Å². The highest BCUT2D eigenvalue weighted by atomic mass is 127. The Morgan fingerprint density at radius 2 is 2.09 bits per heavy atom. The van der Waals surface area contributed by atoms with Gasteiger partial charge in [0, 0.05) is 13.4 Å². The van der Waals surface area contributed by atoms with Gasteiger partial charge in [0.15, 0.2) is 0 Å². The minimum Gasteiger partial charge on any atom is -0.207 e. The summed E-state index contributed by atoms with van der Waals surface area (Å²) < 4.78 is 14.6. The second-order valence-electron chi connectivity index (χ2n) is 1.99. The van der Waals surface area contributed by atoms with Crippen LogP contribution in [-0.2, 0) is 5.33 Å². The van der Waals surface area contributed by atoms with Gasteiger partial charge in [-0.15, -0.1) is 0 Å². The molecule has 0 atom stereocenters. The number of halogens is 4. The molecule has 0 fully saturated rings. The minimum atomic E-state index is -0.188. The molecule has 0 saturated heterocycles. The molecular weight excluding hydrogens is 390 g/mol. The summed E-state index contributed by atoms with van der Waals surface area (Å²) in [7, 11) is 0. The summed E-state index contributed by atoms with van der Waals surface area (Å²) in [5.74, 6) is -0.188. The molecule has 11 heavy (non-hydrogen) atoms. The van der Waals surface area contributed by atoms with Crippen molar-refractivity contribution in [2.75, 3.05) is 0 Å². The molecule has 0 aliphatic heterocycles. The summed E-state index contributed by atoms with van der Waals surface area (Å²) in [5, 5.41) is 0.668. The maximum absolute atomic E-state index is 12.7. The molecule has 0 amide bonds. The number of rotatable bonds is 1. The zero-order valence-electron chi connectivity index (χ0n) is 5.37. The maximum Gasteiger partial charge on any atom is 0.124 e. The molecule has 0 spiro atoms. The molecule has 0 unspecified atom stereocenters. The van der Waals surface area contributed by atoms with Gasteiger partial charge < -0.3 is 0 Å². The second kappa shape index (κ2) is 4.18. The van der Waals surface area contributed by atoms with Crippen LogP contribution in [0.4, 0.5) is 4.39 Å². The van der Waals surface area contributed by atoms with Crippen LogP contribution in [0.3, 0.4) is 0 Å². The largest absolute Gasteiger partial charge is 0.207 e. The van der Waals surface area contributed by atoms with Crippen molar-refractivity contribution < 1.29 is 4.39 Å². The van der Waals surface area contributed by atoms with Crippen molar-refractivity contribution in [2.24, 2.45) is 0 Å². The molecule has 0 heterocycles. The molecule has 60 valence electrons. The first-order chi connectivity index (χ1) is 5.15. The lowest BCUT2D eigenvalue weighted by Gasteiger charge is -2.02. The highest BCUT2D eigenvalue weighted by Gasteiger charge is 2.04. The van der Waals surface area contributed by atoms with Crippen LogP contribution in [0.5, 0.6) is 0 Å². The van der Waals surface area contributed by atoms with Crippen molar-refractivity contribution in [3.63, 3.8) is 0 Å². The van der Waals surface area contributed by atoms with Gasteiger partial charge >= 0.3 is 0 Å². The SMILES string of the molecule is Fc1cc(I)c(Br)c(CBr)c1. The lowest BCUT2D eigenvalue weighted by atomic mass is 10.2. The zero-order chi connectivity index (χ0) is 8.43. The Morgan fingerprint density at radius 3 is 2.64 bits per heavy atom. The third-order valence-electron chi connectivity index (χ3n) is 1.21. The van der Waals surface area contributed by atoms with E-state index in [1.165, 1.54) is 12.1 Å². The maximum atomic E-state index is 12.7. The van der Waals surface area contributed by atoms with E-state index in [9.17, 15) is 4.39 Å². The van der Waals surface area contributed by atoms with Crippen molar-refractivity contribution >= 4 is 54.5 Å². The van der Waals surface area contributed by atoms with Crippen molar-refractivity contribution in [2.45, 2.75) is 5.33 Å². The van der Waals surface area contributed by atoms with Gasteiger partial charge in [-0.1, -0.05) is 15.9 Å². The molecule has 0 nitrogen and oxygen atoms in total. The molecule has 4 heteroatoms. The number of hydrogen-bond donors (Lipinski definition) is 0. The molecule has 0 saturated carbocycles. The molecule has 1 aromatic rings. The molecule has 0 N–H and O–H groups in total. The first-order valence-corrected chi connectivity index (χ1v) is 5.84. The lowest BCUT2D eigenvalue weighted by Crippen LogP contribution is -1.86. The highest BCUT2D eigenvalue weighted by molar-refractivity contribution is 14.1. The van der Waals surface area contributed by atoms with Crippen molar-refractivity contribution in [1.82, 2.24) is 0 Å². The fourth-order valence-electron chi connectivity index (χ4n) is 0.707. The van der Waals surface area contributed by atoms with E-state index in [1.807, 2.05) is 0 Å². The van der Waals surface area contributed by atoms with Gasteiger partial charge in [-0.05, 0) is 56.2 Å². The van der Waals surface area contributed by atoms with E-state index in [4.69, 9.17) is 0 Å². The zero-order valence-corrected chi connectivity index (χ0v) is 10.7. The van der Waals surface area contributed by atoms with Gasteiger partial charge in [-0.2, -0.15) is 0 Å². The molecule has 0 aromatic heterocycles. The normalized spacial score (nSPS) is 10.2. The van der Waals surface area contributed by atoms with Crippen LogP contribution in [0.15, 0.2) is 16.6 Å². The monoisotopic (exact) mass is 392 g/mol. The Hall–Kier alpha value is 0.840. The Balaban J connectivity index is 3.24. The van der Waals surface area contributed by atoms with Gasteiger partial charge in [0.05, 0.1) is 0 Å². The van der Waals surface area contributed by atoms with Crippen molar-refractivity contribution in [1.29, 1.82) is 0 Å². The van der Waals surface area contributed by atoms with E-state index >= 15 is 0 Å². The Morgan fingerprint density at radius 1 is 1.45 bits per heavy atom. The van der Waals surface area contributed by atoms with Gasteiger partial charge in [-0.3, -0.25) is 0 Å². The van der Waals surface area contributed by atoms with Crippen molar-refractivity contribution in [3.05, 3.63) is 31.6 Å². The summed E-state index contributed by atoms with van der Waals surface area (Å²) in [4.78, 5) is 0. The molecule has 0 aliphatic carbocycles. The Labute approximate surface area is 95.0 Å². The number of hydrogen-bond acceptors (Lipinski definition) is 0. The van der Waals surface area contributed by atoms with Gasteiger partial charge in [0.1, 0.15) is 5.82 Å². The summed E-state index contributed by atoms with van der Waals surface area (Å²) >= 11 is 8.74. The molecule has 0 radical (unpaired) electrons.